The Bertz CT molecular complexity index is 941. The van der Waals surface area contributed by atoms with Crippen LogP contribution < -0.4 is 10.1 Å². The molecule has 1 saturated heterocycles. The molecule has 1 aromatic carbocycles. The molecule has 0 spiro atoms. The molecule has 3 aromatic rings. The predicted octanol–water partition coefficient (Wildman–Crippen LogP) is 4.15. The molecule has 30 heavy (non-hydrogen) atoms. The minimum atomic E-state index is -0.263. The Morgan fingerprint density at radius 2 is 2.03 bits per heavy atom. The summed E-state index contributed by atoms with van der Waals surface area (Å²) in [7, 11) is 1.62. The van der Waals surface area contributed by atoms with Gasteiger partial charge in [-0.05, 0) is 68.2 Å². The van der Waals surface area contributed by atoms with Crippen molar-refractivity contribution in [2.24, 2.45) is 5.92 Å². The minimum Gasteiger partial charge on any atom is -0.497 e. The summed E-state index contributed by atoms with van der Waals surface area (Å²) in [4.78, 5) is 15.1. The molecule has 0 aliphatic carbocycles. The van der Waals surface area contributed by atoms with Crippen LogP contribution in [0.2, 0.25) is 0 Å². The Kier molecular flexibility index (Phi) is 6.18. The first-order valence-electron chi connectivity index (χ1n) is 10.3. The Hall–Kier alpha value is -3.06. The molecule has 0 bridgehead atoms. The SMILES string of the molecule is COc1ccc(-c2cc(C(=O)NC[C@H](c3ccco3)N3CCC(C)CC3)no2)cc1. The van der Waals surface area contributed by atoms with E-state index >= 15 is 0 Å². The normalized spacial score (nSPS) is 16.3. The van der Waals surface area contributed by atoms with Gasteiger partial charge in [0.25, 0.3) is 5.91 Å². The minimum absolute atomic E-state index is 0.00408. The van der Waals surface area contributed by atoms with E-state index in [0.29, 0.717) is 12.3 Å². The lowest BCUT2D eigenvalue weighted by molar-refractivity contribution is 0.0887. The van der Waals surface area contributed by atoms with E-state index in [1.807, 2.05) is 36.4 Å². The first-order valence-corrected chi connectivity index (χ1v) is 10.3. The van der Waals surface area contributed by atoms with Gasteiger partial charge in [-0.15, -0.1) is 0 Å². The summed E-state index contributed by atoms with van der Waals surface area (Å²) in [6.45, 7) is 4.72. The molecular weight excluding hydrogens is 382 g/mol. The molecular formula is C23H27N3O4. The van der Waals surface area contributed by atoms with Crippen LogP contribution in [0.4, 0.5) is 0 Å². The number of methoxy groups -OCH3 is 1. The van der Waals surface area contributed by atoms with Gasteiger partial charge in [0.2, 0.25) is 0 Å². The Morgan fingerprint density at radius 1 is 1.27 bits per heavy atom. The quantitative estimate of drug-likeness (QED) is 0.632. The molecule has 0 radical (unpaired) electrons. The molecule has 0 saturated carbocycles. The molecule has 1 aliphatic heterocycles. The lowest BCUT2D eigenvalue weighted by Gasteiger charge is -2.35. The van der Waals surface area contributed by atoms with Gasteiger partial charge in [0, 0.05) is 18.2 Å². The van der Waals surface area contributed by atoms with Gasteiger partial charge in [-0.25, -0.2) is 0 Å². The number of nitrogens with one attached hydrogen (secondary N) is 1. The molecule has 1 fully saturated rings. The first kappa shape index (κ1) is 20.2. The maximum absolute atomic E-state index is 12.7. The third kappa shape index (κ3) is 4.57. The van der Waals surface area contributed by atoms with Gasteiger partial charge in [-0.3, -0.25) is 9.69 Å². The molecule has 3 heterocycles. The lowest BCUT2D eigenvalue weighted by Crippen LogP contribution is -2.41. The van der Waals surface area contributed by atoms with Gasteiger partial charge in [0.15, 0.2) is 11.5 Å². The number of amides is 1. The summed E-state index contributed by atoms with van der Waals surface area (Å²) in [5, 5.41) is 6.94. The monoisotopic (exact) mass is 409 g/mol. The number of benzene rings is 1. The van der Waals surface area contributed by atoms with Crippen molar-refractivity contribution in [3.63, 3.8) is 0 Å². The summed E-state index contributed by atoms with van der Waals surface area (Å²) >= 11 is 0. The second kappa shape index (κ2) is 9.17. The number of likely N-dealkylation sites (tertiary alicyclic amines) is 1. The third-order valence-corrected chi connectivity index (χ3v) is 5.70. The summed E-state index contributed by atoms with van der Waals surface area (Å²) in [5.74, 6) is 2.63. The van der Waals surface area contributed by atoms with Crippen LogP contribution >= 0.6 is 0 Å². The van der Waals surface area contributed by atoms with E-state index in [1.54, 1.807) is 19.4 Å². The number of hydrogen-bond acceptors (Lipinski definition) is 6. The molecule has 0 unspecified atom stereocenters. The third-order valence-electron chi connectivity index (χ3n) is 5.70. The number of piperidine rings is 1. The second-order valence-corrected chi connectivity index (χ2v) is 7.76. The van der Waals surface area contributed by atoms with Crippen molar-refractivity contribution in [1.82, 2.24) is 15.4 Å². The number of aromatic nitrogens is 1. The topological polar surface area (TPSA) is 80.7 Å². The molecule has 4 rings (SSSR count). The zero-order valence-electron chi connectivity index (χ0n) is 17.3. The van der Waals surface area contributed by atoms with Crippen molar-refractivity contribution >= 4 is 5.91 Å². The average molecular weight is 409 g/mol. The number of rotatable bonds is 7. The van der Waals surface area contributed by atoms with Gasteiger partial charge >= 0.3 is 0 Å². The molecule has 158 valence electrons. The van der Waals surface area contributed by atoms with E-state index in [0.717, 1.165) is 48.9 Å². The van der Waals surface area contributed by atoms with Crippen molar-refractivity contribution in [3.8, 4) is 17.1 Å². The van der Waals surface area contributed by atoms with E-state index in [9.17, 15) is 4.79 Å². The Morgan fingerprint density at radius 3 is 2.70 bits per heavy atom. The van der Waals surface area contributed by atoms with Crippen molar-refractivity contribution < 1.29 is 18.5 Å². The van der Waals surface area contributed by atoms with Gasteiger partial charge in [-0.2, -0.15) is 0 Å². The number of ether oxygens (including phenoxy) is 1. The molecule has 2 aromatic heterocycles. The highest BCUT2D eigenvalue weighted by Gasteiger charge is 2.27. The molecule has 1 atom stereocenters. The molecule has 7 heteroatoms. The van der Waals surface area contributed by atoms with Gasteiger partial charge < -0.3 is 19.0 Å². The van der Waals surface area contributed by atoms with E-state index < -0.39 is 0 Å². The van der Waals surface area contributed by atoms with Gasteiger partial charge in [0.05, 0.1) is 19.4 Å². The molecule has 1 aliphatic rings. The smallest absolute Gasteiger partial charge is 0.273 e. The van der Waals surface area contributed by atoms with Crippen LogP contribution in [0.15, 0.2) is 57.7 Å². The Balaban J connectivity index is 1.41. The number of hydrogen-bond donors (Lipinski definition) is 1. The first-order chi connectivity index (χ1) is 14.6. The number of nitrogens with zero attached hydrogens (tertiary/aromatic N) is 2. The fourth-order valence-corrected chi connectivity index (χ4v) is 3.78. The zero-order valence-corrected chi connectivity index (χ0v) is 17.3. The number of carbonyl (C=O) groups is 1. The molecule has 1 N–H and O–H groups in total. The molecule has 7 nitrogen and oxygen atoms in total. The largest absolute Gasteiger partial charge is 0.497 e. The van der Waals surface area contributed by atoms with Crippen LogP contribution in [-0.4, -0.2) is 42.7 Å². The van der Waals surface area contributed by atoms with E-state index in [-0.39, 0.29) is 17.6 Å². The fourth-order valence-electron chi connectivity index (χ4n) is 3.78. The van der Waals surface area contributed by atoms with Crippen LogP contribution in [0.3, 0.4) is 0 Å². The lowest BCUT2D eigenvalue weighted by atomic mass is 9.97. The zero-order chi connectivity index (χ0) is 20.9. The summed E-state index contributed by atoms with van der Waals surface area (Å²) in [5.41, 5.74) is 1.09. The fraction of sp³-hybridized carbons (Fsp3) is 0.391. The van der Waals surface area contributed by atoms with Crippen LogP contribution in [0.5, 0.6) is 5.75 Å². The summed E-state index contributed by atoms with van der Waals surface area (Å²) in [6.07, 6.45) is 3.98. The average Bonchev–Trinajstić information content (AvgIpc) is 3.48. The predicted molar refractivity (Wildman–Crippen MR) is 112 cm³/mol. The van der Waals surface area contributed by atoms with Crippen molar-refractivity contribution in [1.29, 1.82) is 0 Å². The summed E-state index contributed by atoms with van der Waals surface area (Å²) < 4.78 is 16.2. The number of furan rings is 1. The standard InChI is InChI=1S/C23H27N3O4/c1-16-9-11-26(12-10-16)20(21-4-3-13-29-21)15-24-23(27)19-14-22(30-25-19)17-5-7-18(28-2)8-6-17/h3-8,13-14,16,20H,9-12,15H2,1-2H3,(H,24,27)/t20-/m1/s1. The van der Waals surface area contributed by atoms with Crippen molar-refractivity contribution in [2.75, 3.05) is 26.7 Å². The van der Waals surface area contributed by atoms with Crippen molar-refractivity contribution in [2.45, 2.75) is 25.8 Å². The second-order valence-electron chi connectivity index (χ2n) is 7.76. The Labute approximate surface area is 176 Å². The van der Waals surface area contributed by atoms with Crippen LogP contribution in [0, 0.1) is 5.92 Å². The van der Waals surface area contributed by atoms with Crippen LogP contribution in [0.1, 0.15) is 42.1 Å². The molecule has 1 amide bonds. The van der Waals surface area contributed by atoms with Crippen LogP contribution in [0.25, 0.3) is 11.3 Å². The highest BCUT2D eigenvalue weighted by molar-refractivity contribution is 5.93. The van der Waals surface area contributed by atoms with Crippen LogP contribution in [-0.2, 0) is 0 Å². The maximum Gasteiger partial charge on any atom is 0.273 e. The van der Waals surface area contributed by atoms with Gasteiger partial charge in [-0.1, -0.05) is 12.1 Å². The maximum atomic E-state index is 12.7. The summed E-state index contributed by atoms with van der Waals surface area (Å²) in [6, 6.07) is 12.9. The highest BCUT2D eigenvalue weighted by atomic mass is 16.5. The van der Waals surface area contributed by atoms with E-state index in [2.05, 4.69) is 22.3 Å². The van der Waals surface area contributed by atoms with Gasteiger partial charge in [0.1, 0.15) is 11.5 Å². The number of carbonyl (C=O) groups excluding carboxylic acids is 1. The van der Waals surface area contributed by atoms with Crippen molar-refractivity contribution in [3.05, 3.63) is 60.2 Å². The van der Waals surface area contributed by atoms with E-state index in [4.69, 9.17) is 13.7 Å². The van der Waals surface area contributed by atoms with E-state index in [1.165, 1.54) is 0 Å². The highest BCUT2D eigenvalue weighted by Crippen LogP contribution is 2.27.